The molecular weight excluding hydrogens is 248 g/mol. The fourth-order valence-corrected chi connectivity index (χ4v) is 3.27. The van der Waals surface area contributed by atoms with Gasteiger partial charge in [-0.1, -0.05) is 0 Å². The van der Waals surface area contributed by atoms with E-state index in [9.17, 15) is 4.79 Å². The maximum atomic E-state index is 10.6. The van der Waals surface area contributed by atoms with Crippen molar-refractivity contribution in [2.45, 2.75) is 38.6 Å². The second-order valence-corrected chi connectivity index (χ2v) is 5.74. The number of aromatic nitrogens is 1. The smallest absolute Gasteiger partial charge is 0.303 e. The topological polar surface area (TPSA) is 53.4 Å². The number of likely N-dealkylation sites (tertiary alicyclic amines) is 1. The van der Waals surface area contributed by atoms with Crippen LogP contribution in [0.3, 0.4) is 0 Å². The molecule has 2 rings (SSSR count). The summed E-state index contributed by atoms with van der Waals surface area (Å²) in [7, 11) is 0. The van der Waals surface area contributed by atoms with E-state index in [0.717, 1.165) is 31.6 Å². The first kappa shape index (κ1) is 13.5. The lowest BCUT2D eigenvalue weighted by Crippen LogP contribution is -2.37. The minimum absolute atomic E-state index is 0.295. The molecule has 0 radical (unpaired) electrons. The quantitative estimate of drug-likeness (QED) is 0.892. The Balaban J connectivity index is 1.88. The number of aliphatic carboxylic acids is 1. The standard InChI is InChI=1S/C13H20N2O2S/c1-10(12-8-18-9-14-12)15-6-2-3-11(7-15)4-5-13(16)17/h8-11H,2-7H2,1H3,(H,16,17). The summed E-state index contributed by atoms with van der Waals surface area (Å²) in [6.45, 7) is 4.29. The maximum absolute atomic E-state index is 10.6. The van der Waals surface area contributed by atoms with Crippen molar-refractivity contribution in [3.8, 4) is 0 Å². The van der Waals surface area contributed by atoms with Gasteiger partial charge >= 0.3 is 5.97 Å². The molecular formula is C13H20N2O2S. The van der Waals surface area contributed by atoms with Crippen LogP contribution in [0.1, 0.15) is 44.3 Å². The highest BCUT2D eigenvalue weighted by Gasteiger charge is 2.25. The summed E-state index contributed by atoms with van der Waals surface area (Å²) in [5, 5.41) is 10.8. The van der Waals surface area contributed by atoms with Crippen LogP contribution in [0.2, 0.25) is 0 Å². The third-order valence-corrected chi connectivity index (χ3v) is 4.35. The minimum Gasteiger partial charge on any atom is -0.481 e. The SMILES string of the molecule is CC(c1cscn1)N1CCCC(CCC(=O)O)C1. The number of hydrogen-bond acceptors (Lipinski definition) is 4. The largest absolute Gasteiger partial charge is 0.481 e. The summed E-state index contributed by atoms with van der Waals surface area (Å²) in [4.78, 5) is 17.4. The van der Waals surface area contributed by atoms with E-state index >= 15 is 0 Å². The van der Waals surface area contributed by atoms with Crippen LogP contribution in [-0.2, 0) is 4.79 Å². The van der Waals surface area contributed by atoms with Gasteiger partial charge in [-0.05, 0) is 38.6 Å². The molecule has 1 aromatic rings. The van der Waals surface area contributed by atoms with E-state index < -0.39 is 5.97 Å². The first-order valence-electron chi connectivity index (χ1n) is 6.50. The Morgan fingerprint density at radius 2 is 2.56 bits per heavy atom. The average molecular weight is 268 g/mol. The van der Waals surface area contributed by atoms with Gasteiger partial charge in [0.15, 0.2) is 0 Å². The zero-order chi connectivity index (χ0) is 13.0. The van der Waals surface area contributed by atoms with Crippen LogP contribution in [0, 0.1) is 5.92 Å². The number of piperidine rings is 1. The molecule has 0 amide bonds. The lowest BCUT2D eigenvalue weighted by atomic mass is 9.92. The number of hydrogen-bond donors (Lipinski definition) is 1. The van der Waals surface area contributed by atoms with Gasteiger partial charge in [-0.15, -0.1) is 11.3 Å². The zero-order valence-electron chi connectivity index (χ0n) is 10.7. The van der Waals surface area contributed by atoms with Crippen LogP contribution in [0.15, 0.2) is 10.9 Å². The van der Waals surface area contributed by atoms with E-state index in [2.05, 4.69) is 22.2 Å². The Bertz CT molecular complexity index is 380. The minimum atomic E-state index is -0.681. The number of nitrogens with zero attached hydrogens (tertiary/aromatic N) is 2. The van der Waals surface area contributed by atoms with Crippen LogP contribution in [0.25, 0.3) is 0 Å². The Kier molecular flexibility index (Phi) is 4.72. The molecule has 2 unspecified atom stereocenters. The molecule has 1 fully saturated rings. The van der Waals surface area contributed by atoms with Crippen molar-refractivity contribution in [1.29, 1.82) is 0 Å². The van der Waals surface area contributed by atoms with Crippen LogP contribution < -0.4 is 0 Å². The number of thiazole rings is 1. The molecule has 18 heavy (non-hydrogen) atoms. The van der Waals surface area contributed by atoms with E-state index in [1.54, 1.807) is 11.3 Å². The van der Waals surface area contributed by atoms with Crippen molar-refractivity contribution in [2.24, 2.45) is 5.92 Å². The van der Waals surface area contributed by atoms with Gasteiger partial charge in [0, 0.05) is 18.3 Å². The molecule has 1 aliphatic heterocycles. The fourth-order valence-electron chi connectivity index (χ4n) is 2.63. The molecule has 0 aromatic carbocycles. The van der Waals surface area contributed by atoms with Crippen LogP contribution in [0.4, 0.5) is 0 Å². The molecule has 1 saturated heterocycles. The number of carboxylic acids is 1. The van der Waals surface area contributed by atoms with Gasteiger partial charge in [-0.2, -0.15) is 0 Å². The van der Waals surface area contributed by atoms with E-state index in [4.69, 9.17) is 5.11 Å². The molecule has 0 aliphatic carbocycles. The maximum Gasteiger partial charge on any atom is 0.303 e. The lowest BCUT2D eigenvalue weighted by Gasteiger charge is -2.36. The van der Waals surface area contributed by atoms with Gasteiger partial charge in [0.25, 0.3) is 0 Å². The van der Waals surface area contributed by atoms with Crippen LogP contribution in [-0.4, -0.2) is 34.0 Å². The summed E-state index contributed by atoms with van der Waals surface area (Å²) in [6, 6.07) is 0.351. The average Bonchev–Trinajstić information content (AvgIpc) is 2.89. The van der Waals surface area contributed by atoms with Crippen molar-refractivity contribution >= 4 is 17.3 Å². The van der Waals surface area contributed by atoms with Crippen molar-refractivity contribution in [3.05, 3.63) is 16.6 Å². The van der Waals surface area contributed by atoms with Crippen molar-refractivity contribution in [2.75, 3.05) is 13.1 Å². The monoisotopic (exact) mass is 268 g/mol. The van der Waals surface area contributed by atoms with E-state index in [1.165, 1.54) is 6.42 Å². The van der Waals surface area contributed by atoms with Crippen LogP contribution >= 0.6 is 11.3 Å². The van der Waals surface area contributed by atoms with E-state index in [-0.39, 0.29) is 0 Å². The summed E-state index contributed by atoms with van der Waals surface area (Å²) >= 11 is 1.63. The summed E-state index contributed by atoms with van der Waals surface area (Å²) in [5.41, 5.74) is 3.01. The highest BCUT2D eigenvalue weighted by Crippen LogP contribution is 2.28. The molecule has 1 aromatic heterocycles. The van der Waals surface area contributed by atoms with Gasteiger partial charge in [0.2, 0.25) is 0 Å². The number of carbonyl (C=O) groups is 1. The molecule has 2 atom stereocenters. The lowest BCUT2D eigenvalue weighted by molar-refractivity contribution is -0.137. The van der Waals surface area contributed by atoms with Gasteiger partial charge in [-0.3, -0.25) is 9.69 Å². The van der Waals surface area contributed by atoms with Crippen molar-refractivity contribution < 1.29 is 9.90 Å². The molecule has 0 bridgehead atoms. The second kappa shape index (κ2) is 6.29. The van der Waals surface area contributed by atoms with Gasteiger partial charge < -0.3 is 5.11 Å². The summed E-state index contributed by atoms with van der Waals surface area (Å²) in [6.07, 6.45) is 3.42. The molecule has 100 valence electrons. The molecule has 1 N–H and O–H groups in total. The molecule has 1 aliphatic rings. The zero-order valence-corrected chi connectivity index (χ0v) is 11.5. The Morgan fingerprint density at radius 3 is 3.22 bits per heavy atom. The number of carboxylic acid groups (broad SMARTS) is 1. The van der Waals surface area contributed by atoms with Crippen LogP contribution in [0.5, 0.6) is 0 Å². The fraction of sp³-hybridized carbons (Fsp3) is 0.692. The highest BCUT2D eigenvalue weighted by molar-refractivity contribution is 7.07. The number of rotatable bonds is 5. The van der Waals surface area contributed by atoms with Gasteiger partial charge in [0.05, 0.1) is 17.2 Å². The third-order valence-electron chi connectivity index (χ3n) is 3.74. The predicted octanol–water partition coefficient (Wildman–Crippen LogP) is 2.78. The highest BCUT2D eigenvalue weighted by atomic mass is 32.1. The molecule has 0 saturated carbocycles. The summed E-state index contributed by atoms with van der Waals surface area (Å²) < 4.78 is 0. The Labute approximate surface area is 112 Å². The second-order valence-electron chi connectivity index (χ2n) is 5.02. The Morgan fingerprint density at radius 1 is 1.72 bits per heavy atom. The molecule has 5 heteroatoms. The molecule has 0 spiro atoms. The molecule has 4 nitrogen and oxygen atoms in total. The van der Waals surface area contributed by atoms with Crippen molar-refractivity contribution in [3.63, 3.8) is 0 Å². The first-order valence-corrected chi connectivity index (χ1v) is 7.45. The van der Waals surface area contributed by atoms with E-state index in [0.29, 0.717) is 18.4 Å². The predicted molar refractivity (Wildman–Crippen MR) is 71.7 cm³/mol. The van der Waals surface area contributed by atoms with Crippen molar-refractivity contribution in [1.82, 2.24) is 9.88 Å². The molecule has 2 heterocycles. The Hall–Kier alpha value is -0.940. The van der Waals surface area contributed by atoms with E-state index in [1.807, 2.05) is 5.51 Å². The van der Waals surface area contributed by atoms with Gasteiger partial charge in [-0.25, -0.2) is 4.98 Å². The summed E-state index contributed by atoms with van der Waals surface area (Å²) in [5.74, 6) is -0.157. The third kappa shape index (κ3) is 3.53. The van der Waals surface area contributed by atoms with Gasteiger partial charge in [0.1, 0.15) is 0 Å². The first-order chi connectivity index (χ1) is 8.66. The normalized spacial score (nSPS) is 22.8.